The monoisotopic (exact) mass is 278 g/mol. The molecule has 0 aliphatic carbocycles. The molecule has 0 saturated heterocycles. The van der Waals surface area contributed by atoms with Crippen LogP contribution in [0.15, 0.2) is 30.3 Å². The topological polar surface area (TPSA) is 86.6 Å². The Hall–Kier alpha value is 1.92. The summed E-state index contributed by atoms with van der Waals surface area (Å²) in [4.78, 5) is 39.3. The molecule has 78 valence electrons. The quantitative estimate of drug-likeness (QED) is 0.424. The van der Waals surface area contributed by atoms with Crippen LogP contribution >= 0.6 is 16.8 Å². The van der Waals surface area contributed by atoms with Gasteiger partial charge in [-0.15, -0.1) is 0 Å². The summed E-state index contributed by atoms with van der Waals surface area (Å²) < 4.78 is 0. The zero-order chi connectivity index (χ0) is 10.6. The Morgan fingerprint density at radius 3 is 1.94 bits per heavy atom. The van der Waals surface area contributed by atoms with Gasteiger partial charge in [-0.2, -0.15) is 0 Å². The van der Waals surface area contributed by atoms with Crippen molar-refractivity contribution in [2.45, 2.75) is 5.66 Å². The molecular weight excluding hydrogens is 268 g/mol. The third kappa shape index (κ3) is 7.38. The molecular formula is C8H10Na2O4P2. The maximum atomic E-state index is 10.9. The van der Waals surface area contributed by atoms with Crippen molar-refractivity contribution in [2.75, 3.05) is 6.16 Å². The summed E-state index contributed by atoms with van der Waals surface area (Å²) in [6, 6.07) is 8.54. The molecule has 8 heteroatoms. The van der Waals surface area contributed by atoms with Gasteiger partial charge in [0.2, 0.25) is 0 Å². The van der Waals surface area contributed by atoms with Gasteiger partial charge in [-0.1, -0.05) is 30.3 Å². The molecule has 0 saturated carbocycles. The largest absolute Gasteiger partial charge is 1.00 e. The van der Waals surface area contributed by atoms with Crippen LogP contribution < -0.4 is 68.9 Å². The van der Waals surface area contributed by atoms with Gasteiger partial charge in [-0.05, 0) is 11.2 Å². The van der Waals surface area contributed by atoms with Crippen molar-refractivity contribution in [1.29, 1.82) is 0 Å². The number of benzene rings is 1. The van der Waals surface area contributed by atoms with Gasteiger partial charge in [0, 0.05) is 6.16 Å². The van der Waals surface area contributed by atoms with E-state index >= 15 is 0 Å². The molecule has 1 unspecified atom stereocenters. The minimum atomic E-state index is -2.68. The minimum absolute atomic E-state index is 0. The molecule has 0 amide bonds. The summed E-state index contributed by atoms with van der Waals surface area (Å²) in [5.74, 6) is 0. The minimum Gasteiger partial charge on any atom is -0.841 e. The van der Waals surface area contributed by atoms with Crippen LogP contribution in [0.2, 0.25) is 0 Å². The molecule has 1 rings (SSSR count). The molecule has 2 N–H and O–H groups in total. The summed E-state index contributed by atoms with van der Waals surface area (Å²) in [6.07, 6.45) is -0.127. The van der Waals surface area contributed by atoms with Crippen molar-refractivity contribution in [1.82, 2.24) is 0 Å². The molecule has 1 aromatic rings. The Kier molecular flexibility index (Phi) is 13.7. The second kappa shape index (κ2) is 10.8. The molecule has 0 spiro atoms. The van der Waals surface area contributed by atoms with Crippen LogP contribution in [-0.4, -0.2) is 15.9 Å². The van der Waals surface area contributed by atoms with Gasteiger partial charge in [-0.3, -0.25) is 0 Å². The number of rotatable bonds is 4. The van der Waals surface area contributed by atoms with E-state index in [0.717, 1.165) is 0 Å². The summed E-state index contributed by atoms with van der Waals surface area (Å²) in [7, 11) is -4.86. The van der Waals surface area contributed by atoms with Crippen molar-refractivity contribution < 1.29 is 78.7 Å². The standard InChI is InChI=1S/C8H10O4P2.2Na/c9-13(10)6-8(14(11)12)7-4-2-1-3-5-7;;/h1-5,8-10H,6H2;;/q-2;2*+1. The van der Waals surface area contributed by atoms with Crippen molar-refractivity contribution in [3.8, 4) is 0 Å². The zero-order valence-electron chi connectivity index (χ0n) is 9.28. The van der Waals surface area contributed by atoms with E-state index in [1.165, 1.54) is 0 Å². The third-order valence-corrected chi connectivity index (χ3v) is 3.74. The van der Waals surface area contributed by atoms with E-state index in [9.17, 15) is 9.79 Å². The molecule has 1 aromatic carbocycles. The molecule has 0 heterocycles. The fourth-order valence-electron chi connectivity index (χ4n) is 1.12. The van der Waals surface area contributed by atoms with E-state index in [4.69, 9.17) is 9.79 Å². The van der Waals surface area contributed by atoms with Crippen molar-refractivity contribution in [2.24, 2.45) is 0 Å². The van der Waals surface area contributed by atoms with Crippen molar-refractivity contribution in [3.05, 3.63) is 35.9 Å². The summed E-state index contributed by atoms with van der Waals surface area (Å²) in [6.45, 7) is 0. The van der Waals surface area contributed by atoms with Crippen LogP contribution in [0.3, 0.4) is 0 Å². The first-order valence-corrected chi connectivity index (χ1v) is 6.63. The predicted octanol–water partition coefficient (Wildman–Crippen LogP) is -5.94. The summed E-state index contributed by atoms with van der Waals surface area (Å²) in [5.41, 5.74) is -0.202. The molecule has 0 fully saturated rings. The second-order valence-corrected chi connectivity index (χ2v) is 5.07. The van der Waals surface area contributed by atoms with Gasteiger partial charge in [0.15, 0.2) is 8.38 Å². The van der Waals surface area contributed by atoms with Gasteiger partial charge >= 0.3 is 59.1 Å². The summed E-state index contributed by atoms with van der Waals surface area (Å²) >= 11 is 0. The predicted molar refractivity (Wildman–Crippen MR) is 52.3 cm³/mol. The van der Waals surface area contributed by atoms with E-state index in [0.29, 0.717) is 5.56 Å². The van der Waals surface area contributed by atoms with Gasteiger partial charge in [0.05, 0.1) is 0 Å². The number of hydrogen-bond acceptors (Lipinski definition) is 4. The van der Waals surface area contributed by atoms with Gasteiger partial charge in [-0.25, -0.2) is 0 Å². The van der Waals surface area contributed by atoms with E-state index < -0.39 is 22.4 Å². The normalized spacial score (nSPS) is 11.9. The molecule has 0 aromatic heterocycles. The maximum Gasteiger partial charge on any atom is 1.00 e. The fraction of sp³-hybridized carbons (Fsp3) is 0.250. The average Bonchev–Trinajstić information content (AvgIpc) is 2.15. The number of hydrogen-bond donors (Lipinski definition) is 2. The molecule has 0 radical (unpaired) electrons. The Morgan fingerprint density at radius 1 is 1.06 bits per heavy atom. The second-order valence-electron chi connectivity index (χ2n) is 2.77. The van der Waals surface area contributed by atoms with Crippen LogP contribution in [0.5, 0.6) is 0 Å². The first-order chi connectivity index (χ1) is 6.61. The van der Waals surface area contributed by atoms with E-state index in [-0.39, 0.29) is 65.3 Å². The molecule has 4 nitrogen and oxygen atoms in total. The first-order valence-electron chi connectivity index (χ1n) is 3.95. The van der Waals surface area contributed by atoms with Crippen molar-refractivity contribution >= 4 is 16.8 Å². The van der Waals surface area contributed by atoms with E-state index in [1.54, 1.807) is 30.3 Å². The Morgan fingerprint density at radius 2 is 1.56 bits per heavy atom. The van der Waals surface area contributed by atoms with Crippen LogP contribution in [0, 0.1) is 0 Å². The van der Waals surface area contributed by atoms with E-state index in [1.807, 2.05) is 0 Å². The SMILES string of the molecule is [Na+].[Na+].[O-]P([O-])C(CP(O)O)c1ccccc1. The first kappa shape index (κ1) is 20.2. The average molecular weight is 278 g/mol. The molecule has 0 aliphatic rings. The Labute approximate surface area is 142 Å². The molecule has 0 bridgehead atoms. The van der Waals surface area contributed by atoms with Gasteiger partial charge in [0.25, 0.3) is 0 Å². The molecule has 1 atom stereocenters. The zero-order valence-corrected chi connectivity index (χ0v) is 15.1. The van der Waals surface area contributed by atoms with Crippen LogP contribution in [0.4, 0.5) is 0 Å². The van der Waals surface area contributed by atoms with Crippen LogP contribution in [-0.2, 0) is 0 Å². The third-order valence-electron chi connectivity index (χ3n) is 1.78. The molecule has 0 aliphatic heterocycles. The van der Waals surface area contributed by atoms with Gasteiger partial charge in [0.1, 0.15) is 0 Å². The van der Waals surface area contributed by atoms with Crippen LogP contribution in [0.1, 0.15) is 11.2 Å². The Bertz CT molecular complexity index is 274. The van der Waals surface area contributed by atoms with Crippen molar-refractivity contribution in [3.63, 3.8) is 0 Å². The smallest absolute Gasteiger partial charge is 0.841 e. The fourth-order valence-corrected chi connectivity index (χ4v) is 3.03. The molecule has 16 heavy (non-hydrogen) atoms. The maximum absolute atomic E-state index is 10.9. The Balaban J connectivity index is 0. The summed E-state index contributed by atoms with van der Waals surface area (Å²) in [5, 5.41) is 0. The van der Waals surface area contributed by atoms with E-state index in [2.05, 4.69) is 0 Å². The van der Waals surface area contributed by atoms with Gasteiger partial charge < -0.3 is 27.9 Å². The van der Waals surface area contributed by atoms with Crippen LogP contribution in [0.25, 0.3) is 0 Å².